The third kappa shape index (κ3) is 5.94. The SMILES string of the molecule is CC(C)[C@H]1CC[C@H](Oc2ccc(-c3cccc(CN4CCCC(C(=O)O)C4)c3F)cc2)CC1. The van der Waals surface area contributed by atoms with Crippen LogP contribution in [0.2, 0.25) is 0 Å². The predicted molar refractivity (Wildman–Crippen MR) is 129 cm³/mol. The first kappa shape index (κ1) is 23.7. The predicted octanol–water partition coefficient (Wildman–Crippen LogP) is 6.38. The van der Waals surface area contributed by atoms with Crippen LogP contribution in [-0.4, -0.2) is 35.2 Å². The molecule has 2 fully saturated rings. The van der Waals surface area contributed by atoms with E-state index < -0.39 is 5.97 Å². The van der Waals surface area contributed by atoms with Crippen LogP contribution in [0.4, 0.5) is 4.39 Å². The second-order valence-corrected chi connectivity index (χ2v) is 10.1. The van der Waals surface area contributed by atoms with Crippen LogP contribution in [0, 0.1) is 23.6 Å². The normalized spacial score (nSPS) is 24.1. The number of likely N-dealkylation sites (tertiary alicyclic amines) is 1. The van der Waals surface area contributed by atoms with Crippen molar-refractivity contribution in [3.05, 3.63) is 53.8 Å². The average Bonchev–Trinajstić information content (AvgIpc) is 2.82. The van der Waals surface area contributed by atoms with Crippen molar-refractivity contribution in [2.75, 3.05) is 13.1 Å². The van der Waals surface area contributed by atoms with Gasteiger partial charge in [0, 0.05) is 24.2 Å². The Labute approximate surface area is 196 Å². The molecule has 1 saturated carbocycles. The molecule has 0 bridgehead atoms. The van der Waals surface area contributed by atoms with Crippen LogP contribution in [0.5, 0.6) is 5.75 Å². The van der Waals surface area contributed by atoms with Crippen molar-refractivity contribution in [3.63, 3.8) is 0 Å². The number of ether oxygens (including phenoxy) is 1. The van der Waals surface area contributed by atoms with Crippen LogP contribution < -0.4 is 4.74 Å². The van der Waals surface area contributed by atoms with Gasteiger partial charge < -0.3 is 9.84 Å². The number of piperidine rings is 1. The maximum Gasteiger partial charge on any atom is 0.307 e. The first-order chi connectivity index (χ1) is 15.9. The fourth-order valence-corrected chi connectivity index (χ4v) is 5.35. The molecule has 1 atom stereocenters. The molecule has 2 aliphatic rings. The summed E-state index contributed by atoms with van der Waals surface area (Å²) in [5.74, 6) is 1.04. The van der Waals surface area contributed by atoms with E-state index in [0.717, 1.165) is 49.0 Å². The summed E-state index contributed by atoms with van der Waals surface area (Å²) in [6.45, 7) is 6.32. The minimum Gasteiger partial charge on any atom is -0.490 e. The molecule has 1 saturated heterocycles. The lowest BCUT2D eigenvalue weighted by Gasteiger charge is -2.31. The molecule has 4 nitrogen and oxygen atoms in total. The largest absolute Gasteiger partial charge is 0.490 e. The Kier molecular flexibility index (Phi) is 7.69. The van der Waals surface area contributed by atoms with Crippen LogP contribution in [-0.2, 0) is 11.3 Å². The smallest absolute Gasteiger partial charge is 0.307 e. The van der Waals surface area contributed by atoms with Gasteiger partial charge in [-0.1, -0.05) is 44.2 Å². The zero-order valence-electron chi connectivity index (χ0n) is 19.8. The lowest BCUT2D eigenvalue weighted by Crippen LogP contribution is -2.38. The van der Waals surface area contributed by atoms with Gasteiger partial charge in [0.15, 0.2) is 0 Å². The molecule has 5 heteroatoms. The highest BCUT2D eigenvalue weighted by atomic mass is 19.1. The van der Waals surface area contributed by atoms with Crippen molar-refractivity contribution in [1.29, 1.82) is 0 Å². The number of halogens is 1. The van der Waals surface area contributed by atoms with E-state index in [0.29, 0.717) is 30.6 Å². The summed E-state index contributed by atoms with van der Waals surface area (Å²) in [4.78, 5) is 13.4. The summed E-state index contributed by atoms with van der Waals surface area (Å²) in [5, 5.41) is 9.32. The molecule has 178 valence electrons. The van der Waals surface area contributed by atoms with Crippen molar-refractivity contribution >= 4 is 5.97 Å². The molecule has 0 spiro atoms. The van der Waals surface area contributed by atoms with Crippen LogP contribution >= 0.6 is 0 Å². The summed E-state index contributed by atoms with van der Waals surface area (Å²) >= 11 is 0. The maximum atomic E-state index is 15.4. The van der Waals surface area contributed by atoms with E-state index in [1.54, 1.807) is 12.1 Å². The molecule has 2 aromatic rings. The highest BCUT2D eigenvalue weighted by Gasteiger charge is 2.26. The average molecular weight is 454 g/mol. The molecular formula is C28H36FNO3. The molecular weight excluding hydrogens is 417 g/mol. The molecule has 4 rings (SSSR count). The van der Waals surface area contributed by atoms with E-state index in [9.17, 15) is 9.90 Å². The second-order valence-electron chi connectivity index (χ2n) is 10.1. The van der Waals surface area contributed by atoms with Gasteiger partial charge in [-0.2, -0.15) is 0 Å². The molecule has 2 aromatic carbocycles. The lowest BCUT2D eigenvalue weighted by atomic mass is 9.80. The summed E-state index contributed by atoms with van der Waals surface area (Å²) in [7, 11) is 0. The van der Waals surface area contributed by atoms with E-state index in [1.807, 2.05) is 30.3 Å². The summed E-state index contributed by atoms with van der Waals surface area (Å²) in [6.07, 6.45) is 6.44. The highest BCUT2D eigenvalue weighted by Crippen LogP contribution is 2.33. The first-order valence-electron chi connectivity index (χ1n) is 12.4. The second kappa shape index (κ2) is 10.7. The summed E-state index contributed by atoms with van der Waals surface area (Å²) < 4.78 is 21.6. The van der Waals surface area contributed by atoms with Crippen molar-refractivity contribution in [3.8, 4) is 16.9 Å². The van der Waals surface area contributed by atoms with Crippen LogP contribution in [0.3, 0.4) is 0 Å². The topological polar surface area (TPSA) is 49.8 Å². The number of rotatable bonds is 7. The quantitative estimate of drug-likeness (QED) is 0.528. The monoisotopic (exact) mass is 453 g/mol. The van der Waals surface area contributed by atoms with Gasteiger partial charge in [-0.05, 0) is 74.6 Å². The van der Waals surface area contributed by atoms with Gasteiger partial charge in [0.2, 0.25) is 0 Å². The highest BCUT2D eigenvalue weighted by molar-refractivity contribution is 5.70. The molecule has 0 radical (unpaired) electrons. The van der Waals surface area contributed by atoms with Crippen LogP contribution in [0.25, 0.3) is 11.1 Å². The Morgan fingerprint density at radius 2 is 1.82 bits per heavy atom. The molecule has 0 amide bonds. The van der Waals surface area contributed by atoms with E-state index in [2.05, 4.69) is 18.7 Å². The number of aliphatic carboxylic acids is 1. The van der Waals surface area contributed by atoms with Gasteiger partial charge in [0.05, 0.1) is 12.0 Å². The Morgan fingerprint density at radius 3 is 2.48 bits per heavy atom. The van der Waals surface area contributed by atoms with E-state index in [4.69, 9.17) is 4.74 Å². The molecule has 0 aromatic heterocycles. The van der Waals surface area contributed by atoms with Crippen molar-refractivity contribution < 1.29 is 19.0 Å². The molecule has 1 aliphatic carbocycles. The number of carbonyl (C=O) groups is 1. The van der Waals surface area contributed by atoms with Gasteiger partial charge in [0.1, 0.15) is 11.6 Å². The minimum absolute atomic E-state index is 0.226. The minimum atomic E-state index is -0.760. The number of carboxylic acid groups (broad SMARTS) is 1. The first-order valence-corrected chi connectivity index (χ1v) is 12.4. The molecule has 1 unspecified atom stereocenters. The van der Waals surface area contributed by atoms with Gasteiger partial charge in [-0.25, -0.2) is 4.39 Å². The van der Waals surface area contributed by atoms with E-state index >= 15 is 4.39 Å². The van der Waals surface area contributed by atoms with Crippen LogP contribution in [0.1, 0.15) is 57.9 Å². The van der Waals surface area contributed by atoms with Gasteiger partial charge >= 0.3 is 5.97 Å². The van der Waals surface area contributed by atoms with Gasteiger partial charge in [-0.3, -0.25) is 9.69 Å². The molecule has 1 N–H and O–H groups in total. The zero-order chi connectivity index (χ0) is 23.4. The van der Waals surface area contributed by atoms with Crippen molar-refractivity contribution in [2.45, 2.75) is 65.0 Å². The number of nitrogens with zero attached hydrogens (tertiary/aromatic N) is 1. The maximum absolute atomic E-state index is 15.4. The molecule has 1 heterocycles. The molecule has 1 aliphatic heterocycles. The molecule has 33 heavy (non-hydrogen) atoms. The third-order valence-corrected chi connectivity index (χ3v) is 7.46. The van der Waals surface area contributed by atoms with Gasteiger partial charge in [-0.15, -0.1) is 0 Å². The summed E-state index contributed by atoms with van der Waals surface area (Å²) in [6, 6.07) is 13.2. The fraction of sp³-hybridized carbons (Fsp3) is 0.536. The zero-order valence-corrected chi connectivity index (χ0v) is 19.8. The Bertz CT molecular complexity index is 935. The van der Waals surface area contributed by atoms with Gasteiger partial charge in [0.25, 0.3) is 0 Å². The number of benzene rings is 2. The van der Waals surface area contributed by atoms with E-state index in [-0.39, 0.29) is 17.8 Å². The summed E-state index contributed by atoms with van der Waals surface area (Å²) in [5.41, 5.74) is 2.01. The number of hydrogen-bond acceptors (Lipinski definition) is 3. The van der Waals surface area contributed by atoms with Crippen molar-refractivity contribution in [2.24, 2.45) is 17.8 Å². The number of hydrogen-bond donors (Lipinski definition) is 1. The standard InChI is InChI=1S/C28H36FNO3/c1-19(2)20-8-12-24(13-9-20)33-25-14-10-21(11-15-25)26-7-3-5-22(27(26)29)17-30-16-4-6-23(18-30)28(31)32/h3,5,7,10-11,14-15,19-20,23-24H,4,6,8-9,12-13,16-18H2,1-2H3,(H,31,32)/t20-,23?,24-. The Balaban J connectivity index is 1.39. The lowest BCUT2D eigenvalue weighted by molar-refractivity contribution is -0.143. The Hall–Kier alpha value is -2.40. The van der Waals surface area contributed by atoms with Crippen LogP contribution in [0.15, 0.2) is 42.5 Å². The number of carboxylic acids is 1. The Morgan fingerprint density at radius 1 is 1.09 bits per heavy atom. The van der Waals surface area contributed by atoms with E-state index in [1.165, 1.54) is 12.8 Å². The fourth-order valence-electron chi connectivity index (χ4n) is 5.35. The van der Waals surface area contributed by atoms with Crippen molar-refractivity contribution in [1.82, 2.24) is 4.90 Å². The third-order valence-electron chi connectivity index (χ3n) is 7.46.